The predicted octanol–water partition coefficient (Wildman–Crippen LogP) is -0.385. The third-order valence-electron chi connectivity index (χ3n) is 4.13. The van der Waals surface area contributed by atoms with Crippen LogP contribution in [-0.2, 0) is 9.59 Å². The molecular formula is C16H26N6O2. The summed E-state index contributed by atoms with van der Waals surface area (Å²) in [6.45, 7) is 6.80. The lowest BCUT2D eigenvalue weighted by Crippen LogP contribution is -2.50. The number of hydrogen-bond donors (Lipinski definition) is 2. The van der Waals surface area contributed by atoms with Crippen molar-refractivity contribution in [1.29, 1.82) is 0 Å². The van der Waals surface area contributed by atoms with E-state index in [1.54, 1.807) is 18.5 Å². The van der Waals surface area contributed by atoms with E-state index in [4.69, 9.17) is 5.73 Å². The minimum atomic E-state index is -0.533. The van der Waals surface area contributed by atoms with Crippen molar-refractivity contribution in [2.45, 2.75) is 26.3 Å². The summed E-state index contributed by atoms with van der Waals surface area (Å²) >= 11 is 0. The molecule has 0 aromatic carbocycles. The lowest BCUT2D eigenvalue weighted by Gasteiger charge is -2.34. The molecule has 0 saturated carbocycles. The van der Waals surface area contributed by atoms with Gasteiger partial charge in [-0.1, -0.05) is 13.8 Å². The number of carbonyl (C=O) groups is 2. The zero-order chi connectivity index (χ0) is 17.5. The van der Waals surface area contributed by atoms with Crippen LogP contribution >= 0.6 is 0 Å². The van der Waals surface area contributed by atoms with Crippen LogP contribution in [0.5, 0.6) is 0 Å². The van der Waals surface area contributed by atoms with Gasteiger partial charge in [-0.3, -0.25) is 9.59 Å². The Morgan fingerprint density at radius 1 is 1.21 bits per heavy atom. The Morgan fingerprint density at radius 3 is 2.42 bits per heavy atom. The second-order valence-electron chi connectivity index (χ2n) is 6.23. The van der Waals surface area contributed by atoms with Gasteiger partial charge in [-0.15, -0.1) is 0 Å². The molecule has 3 N–H and O–H groups in total. The molecule has 1 aromatic heterocycles. The second-order valence-corrected chi connectivity index (χ2v) is 6.23. The van der Waals surface area contributed by atoms with E-state index >= 15 is 0 Å². The average Bonchev–Trinajstić information content (AvgIpc) is 2.61. The van der Waals surface area contributed by atoms with Crippen LogP contribution in [0.25, 0.3) is 0 Å². The summed E-state index contributed by atoms with van der Waals surface area (Å²) in [6, 6.07) is 1.25. The molecule has 1 saturated heterocycles. The molecule has 1 aliphatic rings. The summed E-state index contributed by atoms with van der Waals surface area (Å²) in [5.41, 5.74) is 5.77. The molecule has 0 aliphatic carbocycles. The van der Waals surface area contributed by atoms with Gasteiger partial charge < -0.3 is 20.9 Å². The van der Waals surface area contributed by atoms with Crippen LogP contribution in [0.4, 0.5) is 5.95 Å². The smallest absolute Gasteiger partial charge is 0.237 e. The molecule has 8 nitrogen and oxygen atoms in total. The van der Waals surface area contributed by atoms with Gasteiger partial charge >= 0.3 is 0 Å². The maximum atomic E-state index is 12.2. The standard InChI is InChI=1S/C16H26N6O2/c1-12(2)14(17)15(24)18-7-4-13(23)21-8-10-22(11-9-21)16-19-5-3-6-20-16/h3,5-6,12,14H,4,7-11,17H2,1-2H3,(H,18,24)/t14-/m0/s1. The van der Waals surface area contributed by atoms with Crippen LogP contribution in [0, 0.1) is 5.92 Å². The molecule has 1 atom stereocenters. The number of amides is 2. The molecule has 8 heteroatoms. The summed E-state index contributed by atoms with van der Waals surface area (Å²) in [5, 5.41) is 2.73. The largest absolute Gasteiger partial charge is 0.354 e. The van der Waals surface area contributed by atoms with Gasteiger partial charge in [0, 0.05) is 51.5 Å². The molecule has 2 heterocycles. The third-order valence-corrected chi connectivity index (χ3v) is 4.13. The molecule has 2 amide bonds. The molecule has 0 spiro atoms. The van der Waals surface area contributed by atoms with Gasteiger partial charge in [0.1, 0.15) is 0 Å². The van der Waals surface area contributed by atoms with Crippen molar-refractivity contribution in [3.8, 4) is 0 Å². The molecule has 24 heavy (non-hydrogen) atoms. The molecule has 0 bridgehead atoms. The van der Waals surface area contributed by atoms with Crippen molar-refractivity contribution in [1.82, 2.24) is 20.2 Å². The fraction of sp³-hybridized carbons (Fsp3) is 0.625. The molecule has 1 aliphatic heterocycles. The highest BCUT2D eigenvalue weighted by molar-refractivity contribution is 5.82. The second kappa shape index (κ2) is 8.58. The van der Waals surface area contributed by atoms with Crippen molar-refractivity contribution in [2.24, 2.45) is 11.7 Å². The quantitative estimate of drug-likeness (QED) is 0.734. The minimum absolute atomic E-state index is 0.0436. The van der Waals surface area contributed by atoms with Crippen molar-refractivity contribution in [3.63, 3.8) is 0 Å². The summed E-state index contributed by atoms with van der Waals surface area (Å²) < 4.78 is 0. The number of nitrogens with two attached hydrogens (primary N) is 1. The Morgan fingerprint density at radius 2 is 1.83 bits per heavy atom. The molecule has 2 rings (SSSR count). The molecule has 0 radical (unpaired) electrons. The van der Waals surface area contributed by atoms with E-state index in [2.05, 4.69) is 20.2 Å². The molecule has 1 fully saturated rings. The van der Waals surface area contributed by atoms with E-state index in [0.717, 1.165) is 0 Å². The van der Waals surface area contributed by atoms with Crippen LogP contribution in [0.15, 0.2) is 18.5 Å². The number of anilines is 1. The molecular weight excluding hydrogens is 308 g/mol. The summed E-state index contributed by atoms with van der Waals surface area (Å²) in [7, 11) is 0. The van der Waals surface area contributed by atoms with Gasteiger partial charge in [0.15, 0.2) is 0 Å². The van der Waals surface area contributed by atoms with Crippen molar-refractivity contribution in [2.75, 3.05) is 37.6 Å². The van der Waals surface area contributed by atoms with Gasteiger partial charge in [-0.05, 0) is 12.0 Å². The first-order valence-corrected chi connectivity index (χ1v) is 8.32. The van der Waals surface area contributed by atoms with Crippen LogP contribution in [-0.4, -0.2) is 65.4 Å². The van der Waals surface area contributed by atoms with Gasteiger partial charge in [0.05, 0.1) is 6.04 Å². The molecule has 0 unspecified atom stereocenters. The van der Waals surface area contributed by atoms with Crippen LogP contribution < -0.4 is 16.0 Å². The number of aromatic nitrogens is 2. The van der Waals surface area contributed by atoms with Gasteiger partial charge in [-0.25, -0.2) is 9.97 Å². The Bertz CT molecular complexity index is 543. The minimum Gasteiger partial charge on any atom is -0.354 e. The SMILES string of the molecule is CC(C)[C@H](N)C(=O)NCCC(=O)N1CCN(c2ncccn2)CC1. The highest BCUT2D eigenvalue weighted by atomic mass is 16.2. The molecule has 132 valence electrons. The van der Waals surface area contributed by atoms with Crippen molar-refractivity contribution < 1.29 is 9.59 Å². The van der Waals surface area contributed by atoms with E-state index in [1.165, 1.54) is 0 Å². The Balaban J connectivity index is 1.70. The number of carbonyl (C=O) groups excluding carboxylic acids is 2. The number of piperazine rings is 1. The maximum absolute atomic E-state index is 12.2. The van der Waals surface area contributed by atoms with Gasteiger partial charge in [0.25, 0.3) is 0 Å². The first-order valence-electron chi connectivity index (χ1n) is 8.32. The van der Waals surface area contributed by atoms with E-state index in [9.17, 15) is 9.59 Å². The van der Waals surface area contributed by atoms with E-state index < -0.39 is 6.04 Å². The fourth-order valence-corrected chi connectivity index (χ4v) is 2.48. The average molecular weight is 334 g/mol. The van der Waals surface area contributed by atoms with Crippen molar-refractivity contribution in [3.05, 3.63) is 18.5 Å². The van der Waals surface area contributed by atoms with Crippen LogP contribution in [0.3, 0.4) is 0 Å². The first kappa shape index (κ1) is 18.1. The topological polar surface area (TPSA) is 104 Å². The summed E-state index contributed by atoms with van der Waals surface area (Å²) in [4.78, 5) is 36.3. The van der Waals surface area contributed by atoms with E-state index in [0.29, 0.717) is 45.1 Å². The third kappa shape index (κ3) is 4.89. The molecule has 1 aromatic rings. The fourth-order valence-electron chi connectivity index (χ4n) is 2.48. The zero-order valence-corrected chi connectivity index (χ0v) is 14.3. The van der Waals surface area contributed by atoms with Crippen molar-refractivity contribution >= 4 is 17.8 Å². The lowest BCUT2D eigenvalue weighted by atomic mass is 10.1. The summed E-state index contributed by atoms with van der Waals surface area (Å²) in [6.07, 6.45) is 3.72. The zero-order valence-electron chi connectivity index (χ0n) is 14.3. The number of nitrogens with zero attached hydrogens (tertiary/aromatic N) is 4. The number of hydrogen-bond acceptors (Lipinski definition) is 6. The van der Waals surface area contributed by atoms with Crippen LogP contribution in [0.1, 0.15) is 20.3 Å². The van der Waals surface area contributed by atoms with E-state index in [1.807, 2.05) is 18.7 Å². The Kier molecular flexibility index (Phi) is 6.48. The lowest BCUT2D eigenvalue weighted by molar-refractivity contribution is -0.131. The highest BCUT2D eigenvalue weighted by Gasteiger charge is 2.22. The van der Waals surface area contributed by atoms with Gasteiger partial charge in [-0.2, -0.15) is 0 Å². The predicted molar refractivity (Wildman–Crippen MR) is 91.3 cm³/mol. The monoisotopic (exact) mass is 334 g/mol. The van der Waals surface area contributed by atoms with Crippen LogP contribution in [0.2, 0.25) is 0 Å². The Labute approximate surface area is 142 Å². The Hall–Kier alpha value is -2.22. The maximum Gasteiger partial charge on any atom is 0.237 e. The van der Waals surface area contributed by atoms with Gasteiger partial charge in [0.2, 0.25) is 17.8 Å². The number of nitrogens with one attached hydrogen (secondary N) is 1. The normalized spacial score (nSPS) is 16.2. The highest BCUT2D eigenvalue weighted by Crippen LogP contribution is 2.10. The van der Waals surface area contributed by atoms with E-state index in [-0.39, 0.29) is 17.7 Å². The number of rotatable bonds is 6. The summed E-state index contributed by atoms with van der Waals surface area (Å²) in [5.74, 6) is 0.611. The first-order chi connectivity index (χ1) is 11.5.